The minimum absolute atomic E-state index is 0.393. The maximum absolute atomic E-state index is 11.5. The van der Waals surface area contributed by atoms with E-state index in [0.717, 1.165) is 29.8 Å². The summed E-state index contributed by atoms with van der Waals surface area (Å²) in [7, 11) is 0. The van der Waals surface area contributed by atoms with Crippen molar-refractivity contribution in [3.05, 3.63) is 74.1 Å². The van der Waals surface area contributed by atoms with Crippen LogP contribution in [0.5, 0.6) is 5.75 Å². The average molecular weight is 479 g/mol. The number of aryl methyl sites for hydroxylation is 1. The number of aromatic nitrogens is 1. The first kappa shape index (κ1) is 18.9. The number of cyclic esters (lactones) is 1. The van der Waals surface area contributed by atoms with Gasteiger partial charge in [0.05, 0.1) is 11.1 Å². The summed E-state index contributed by atoms with van der Waals surface area (Å²) in [5, 5.41) is 0. The van der Waals surface area contributed by atoms with E-state index in [2.05, 4.69) is 49.8 Å². The summed E-state index contributed by atoms with van der Waals surface area (Å²) in [6.45, 7) is 2.68. The van der Waals surface area contributed by atoms with Crippen molar-refractivity contribution in [2.75, 3.05) is 6.61 Å². The first-order chi connectivity index (χ1) is 12.6. The van der Waals surface area contributed by atoms with Crippen molar-refractivity contribution in [2.45, 2.75) is 19.8 Å². The summed E-state index contributed by atoms with van der Waals surface area (Å²) < 4.78 is 11.9. The Hall–Kier alpha value is -1.92. The molecule has 0 saturated heterocycles. The van der Waals surface area contributed by atoms with Gasteiger partial charge in [0.1, 0.15) is 16.0 Å². The van der Waals surface area contributed by atoms with Gasteiger partial charge in [0.25, 0.3) is 0 Å². The molecule has 0 fully saturated rings. The van der Waals surface area contributed by atoms with Crippen LogP contribution in [0, 0.1) is 0 Å². The monoisotopic (exact) mass is 477 g/mol. The van der Waals surface area contributed by atoms with Crippen LogP contribution in [0.3, 0.4) is 0 Å². The maximum Gasteiger partial charge on any atom is 0.351 e. The van der Waals surface area contributed by atoms with Gasteiger partial charge in [-0.25, -0.2) is 4.79 Å². The molecule has 2 aromatic rings. The zero-order chi connectivity index (χ0) is 18.5. The molecule has 0 radical (unpaired) electrons. The van der Waals surface area contributed by atoms with Gasteiger partial charge >= 0.3 is 5.97 Å². The highest BCUT2D eigenvalue weighted by atomic mass is 79.9. The van der Waals surface area contributed by atoms with Crippen molar-refractivity contribution in [1.29, 1.82) is 0 Å². The highest BCUT2D eigenvalue weighted by Crippen LogP contribution is 2.35. The lowest BCUT2D eigenvalue weighted by Crippen LogP contribution is -2.03. The van der Waals surface area contributed by atoms with Crippen molar-refractivity contribution in [3.8, 4) is 5.75 Å². The molecule has 0 aliphatic carbocycles. The van der Waals surface area contributed by atoms with Gasteiger partial charge in [-0.3, -0.25) is 4.98 Å². The summed E-state index contributed by atoms with van der Waals surface area (Å²) in [6.07, 6.45) is 5.46. The molecule has 0 atom stereocenters. The largest absolute Gasteiger partial charge is 0.493 e. The zero-order valence-corrected chi connectivity index (χ0v) is 17.3. The van der Waals surface area contributed by atoms with E-state index in [9.17, 15) is 4.79 Å². The Bertz CT molecular complexity index is 856. The average Bonchev–Trinajstić information content (AvgIpc) is 2.90. The molecule has 0 bridgehead atoms. The molecule has 1 aromatic carbocycles. The van der Waals surface area contributed by atoms with Crippen LogP contribution in [0.4, 0.5) is 0 Å². The molecule has 0 spiro atoms. The van der Waals surface area contributed by atoms with Crippen molar-refractivity contribution in [1.82, 2.24) is 4.98 Å². The Labute approximate surface area is 169 Å². The van der Waals surface area contributed by atoms with E-state index < -0.39 is 5.97 Å². The van der Waals surface area contributed by atoms with E-state index >= 15 is 0 Å². The van der Waals surface area contributed by atoms with Crippen molar-refractivity contribution >= 4 is 43.9 Å². The quantitative estimate of drug-likeness (QED) is 0.537. The normalized spacial score (nSPS) is 15.5. The molecule has 134 valence electrons. The predicted octanol–water partition coefficient (Wildman–Crippen LogP) is 5.16. The molecule has 0 N–H and O–H groups in total. The molecular weight excluding hydrogens is 462 g/mol. The number of hydrogen-bond donors (Lipinski definition) is 0. The SMILES string of the molecule is CCc1ccc(CCOc2ccc(/C=C3\OC(=O)C(Br)=C3Br)cc2)nc1. The number of nitrogens with zero attached hydrogens (tertiary/aromatic N) is 1. The van der Waals surface area contributed by atoms with Crippen LogP contribution < -0.4 is 4.74 Å². The second-order valence-corrected chi connectivity index (χ2v) is 7.29. The number of carbonyl (C=O) groups is 1. The Morgan fingerprint density at radius 3 is 2.46 bits per heavy atom. The number of halogens is 2. The fourth-order valence-corrected chi connectivity index (χ4v) is 3.01. The fourth-order valence-electron chi connectivity index (χ4n) is 2.38. The van der Waals surface area contributed by atoms with Gasteiger partial charge in [0.15, 0.2) is 0 Å². The second kappa shape index (κ2) is 8.64. The van der Waals surface area contributed by atoms with E-state index in [0.29, 0.717) is 21.3 Å². The molecule has 6 heteroatoms. The van der Waals surface area contributed by atoms with E-state index in [1.807, 2.05) is 36.5 Å². The van der Waals surface area contributed by atoms with Crippen LogP contribution in [0.2, 0.25) is 0 Å². The number of rotatable bonds is 6. The fraction of sp³-hybridized carbons (Fsp3) is 0.200. The molecule has 1 aliphatic rings. The highest BCUT2D eigenvalue weighted by Gasteiger charge is 2.26. The maximum atomic E-state index is 11.5. The minimum Gasteiger partial charge on any atom is -0.493 e. The lowest BCUT2D eigenvalue weighted by Gasteiger charge is -2.07. The molecule has 3 rings (SSSR count). The summed E-state index contributed by atoms with van der Waals surface area (Å²) in [5.41, 5.74) is 3.17. The number of esters is 1. The van der Waals surface area contributed by atoms with E-state index in [1.165, 1.54) is 5.56 Å². The van der Waals surface area contributed by atoms with Gasteiger partial charge < -0.3 is 9.47 Å². The van der Waals surface area contributed by atoms with Gasteiger partial charge in [0, 0.05) is 18.3 Å². The minimum atomic E-state index is -0.399. The van der Waals surface area contributed by atoms with Gasteiger partial charge in [-0.05, 0) is 73.7 Å². The van der Waals surface area contributed by atoms with Crippen LogP contribution in [-0.4, -0.2) is 17.6 Å². The van der Waals surface area contributed by atoms with Crippen LogP contribution in [-0.2, 0) is 22.4 Å². The number of hydrogen-bond acceptors (Lipinski definition) is 4. The number of benzene rings is 1. The van der Waals surface area contributed by atoms with Gasteiger partial charge in [-0.2, -0.15) is 0 Å². The van der Waals surface area contributed by atoms with Crippen molar-refractivity contribution < 1.29 is 14.3 Å². The number of pyridine rings is 1. The molecular formula is C20H17Br2NO3. The predicted molar refractivity (Wildman–Crippen MR) is 108 cm³/mol. The summed E-state index contributed by atoms with van der Waals surface area (Å²) in [6, 6.07) is 11.8. The molecule has 0 saturated carbocycles. The Morgan fingerprint density at radius 2 is 1.88 bits per heavy atom. The van der Waals surface area contributed by atoms with Gasteiger partial charge in [-0.15, -0.1) is 0 Å². The third kappa shape index (κ3) is 4.62. The van der Waals surface area contributed by atoms with E-state index in [-0.39, 0.29) is 0 Å². The van der Waals surface area contributed by atoms with Gasteiger partial charge in [0.2, 0.25) is 0 Å². The summed E-state index contributed by atoms with van der Waals surface area (Å²) >= 11 is 6.52. The number of allylic oxidation sites excluding steroid dienone is 1. The smallest absolute Gasteiger partial charge is 0.351 e. The summed E-state index contributed by atoms with van der Waals surface area (Å²) in [4.78, 5) is 15.9. The van der Waals surface area contributed by atoms with Gasteiger partial charge in [-0.1, -0.05) is 25.1 Å². The molecule has 1 aliphatic heterocycles. The summed E-state index contributed by atoms with van der Waals surface area (Å²) in [5.74, 6) is 0.873. The van der Waals surface area contributed by atoms with Crippen LogP contribution in [0.15, 0.2) is 57.3 Å². The van der Waals surface area contributed by atoms with Crippen LogP contribution in [0.25, 0.3) is 6.08 Å². The van der Waals surface area contributed by atoms with Crippen LogP contribution in [0.1, 0.15) is 23.7 Å². The third-order valence-electron chi connectivity index (χ3n) is 3.89. The first-order valence-corrected chi connectivity index (χ1v) is 9.81. The molecule has 2 heterocycles. The zero-order valence-electron chi connectivity index (χ0n) is 14.2. The molecule has 4 nitrogen and oxygen atoms in total. The van der Waals surface area contributed by atoms with Crippen molar-refractivity contribution in [3.63, 3.8) is 0 Å². The first-order valence-electron chi connectivity index (χ1n) is 8.23. The Balaban J connectivity index is 1.55. The molecule has 0 unspecified atom stereocenters. The number of carbonyl (C=O) groups excluding carboxylic acids is 1. The third-order valence-corrected chi connectivity index (χ3v) is 5.93. The van der Waals surface area contributed by atoms with Crippen LogP contribution >= 0.6 is 31.9 Å². The molecule has 1 aromatic heterocycles. The highest BCUT2D eigenvalue weighted by molar-refractivity contribution is 9.14. The second-order valence-electron chi connectivity index (χ2n) is 5.70. The topological polar surface area (TPSA) is 48.4 Å². The van der Waals surface area contributed by atoms with Crippen molar-refractivity contribution in [2.24, 2.45) is 0 Å². The molecule has 26 heavy (non-hydrogen) atoms. The number of ether oxygens (including phenoxy) is 2. The Morgan fingerprint density at radius 1 is 1.12 bits per heavy atom. The molecule has 0 amide bonds. The lowest BCUT2D eigenvalue weighted by atomic mass is 10.2. The standard InChI is InChI=1S/C20H17Br2NO3/c1-2-13-3-6-15(23-12-13)9-10-25-16-7-4-14(5-8-16)11-17-18(21)19(22)20(24)26-17/h3-8,11-12H,2,9-10H2,1H3/b17-11-. The van der Waals surface area contributed by atoms with E-state index in [4.69, 9.17) is 9.47 Å². The van der Waals surface area contributed by atoms with E-state index in [1.54, 1.807) is 6.08 Å². The Kier molecular flexibility index (Phi) is 6.27. The lowest BCUT2D eigenvalue weighted by molar-refractivity contribution is -0.132.